The van der Waals surface area contributed by atoms with Crippen molar-refractivity contribution < 1.29 is 27.4 Å². The number of aromatic nitrogens is 4. The number of anilines is 1. The summed E-state index contributed by atoms with van der Waals surface area (Å²) in [6.07, 6.45) is -0.395. The van der Waals surface area contributed by atoms with Crippen LogP contribution in [0.15, 0.2) is 90.2 Å². The monoisotopic (exact) mass is 743 g/mol. The number of hydrogen-bond donors (Lipinski definition) is 2. The van der Waals surface area contributed by atoms with E-state index in [2.05, 4.69) is 31.3 Å². The molecule has 3 aromatic carbocycles. The Hall–Kier alpha value is -5.66. The molecule has 0 atom stereocenters. The SMILES string of the molecule is COc1ccc(CN(Cc2ccc(OC)cc2)c2cc(C)c(C(F)(F)F)c(-c3cc4nc[nH]c(=O)c4c(OCCNCc4c[c]cnc4)c3Cl)n2)cc1. The number of nitrogens with one attached hydrogen (secondary N) is 2. The standard InChI is InChI=1S/C39H35ClF3N6O4/c1-24-17-32(49(21-25-6-10-28(51-2)11-7-25)22-26-8-12-29(52-3)13-9-26)48-36(34(24)39(41,42)43)30-18-31-33(38(50)47-23-46-31)37(35(30)40)53-16-15-45-20-27-5-4-14-44-19-27/h5-14,17-19,23,45H,15-16,20-22H2,1-3H3,(H,46,47,50). The molecule has 0 spiro atoms. The van der Waals surface area contributed by atoms with E-state index < -0.39 is 23.0 Å². The van der Waals surface area contributed by atoms with Crippen LogP contribution < -0.4 is 30.0 Å². The van der Waals surface area contributed by atoms with Crippen molar-refractivity contribution >= 4 is 28.3 Å². The first kappa shape index (κ1) is 37.1. The molecule has 53 heavy (non-hydrogen) atoms. The number of nitrogens with zero attached hydrogens (tertiary/aromatic N) is 4. The minimum Gasteiger partial charge on any atom is -0.497 e. The molecule has 3 aromatic heterocycles. The van der Waals surface area contributed by atoms with E-state index in [1.54, 1.807) is 32.7 Å². The third-order valence-corrected chi connectivity index (χ3v) is 8.84. The lowest BCUT2D eigenvalue weighted by Crippen LogP contribution is -2.24. The highest BCUT2D eigenvalue weighted by atomic mass is 35.5. The fourth-order valence-corrected chi connectivity index (χ4v) is 6.18. The van der Waals surface area contributed by atoms with Crippen LogP contribution in [0.1, 0.15) is 27.8 Å². The van der Waals surface area contributed by atoms with Crippen molar-refractivity contribution in [2.24, 2.45) is 0 Å². The molecule has 2 N–H and O–H groups in total. The van der Waals surface area contributed by atoms with E-state index in [-0.39, 0.29) is 45.2 Å². The molecule has 0 amide bonds. The molecule has 0 aliphatic carbocycles. The Morgan fingerprint density at radius 1 is 0.962 bits per heavy atom. The van der Waals surface area contributed by atoms with Crippen LogP contribution in [0, 0.1) is 13.0 Å². The number of H-pyrrole nitrogens is 1. The van der Waals surface area contributed by atoms with Gasteiger partial charge in [0, 0.05) is 50.2 Å². The van der Waals surface area contributed by atoms with Crippen molar-refractivity contribution in [2.45, 2.75) is 32.7 Å². The number of methoxy groups -OCH3 is 2. The minimum absolute atomic E-state index is 0.00480. The van der Waals surface area contributed by atoms with E-state index >= 15 is 0 Å². The van der Waals surface area contributed by atoms with Crippen LogP contribution in [0.5, 0.6) is 17.2 Å². The van der Waals surface area contributed by atoms with E-state index in [1.807, 2.05) is 53.4 Å². The Kier molecular flexibility index (Phi) is 11.4. The quantitative estimate of drug-likeness (QED) is 0.109. The van der Waals surface area contributed by atoms with E-state index in [1.165, 1.54) is 25.4 Å². The number of ether oxygens (including phenoxy) is 3. The van der Waals surface area contributed by atoms with E-state index in [0.29, 0.717) is 37.7 Å². The van der Waals surface area contributed by atoms with Gasteiger partial charge in [-0.15, -0.1) is 0 Å². The predicted octanol–water partition coefficient (Wildman–Crippen LogP) is 7.55. The van der Waals surface area contributed by atoms with Gasteiger partial charge in [-0.05, 0) is 71.6 Å². The number of rotatable bonds is 14. The summed E-state index contributed by atoms with van der Waals surface area (Å²) in [4.78, 5) is 30.4. The van der Waals surface area contributed by atoms with Gasteiger partial charge in [0.25, 0.3) is 5.56 Å². The lowest BCUT2D eigenvalue weighted by molar-refractivity contribution is -0.137. The highest BCUT2D eigenvalue weighted by Crippen LogP contribution is 2.46. The summed E-state index contributed by atoms with van der Waals surface area (Å²) in [5.74, 6) is 1.50. The summed E-state index contributed by atoms with van der Waals surface area (Å²) >= 11 is 6.94. The van der Waals surface area contributed by atoms with Gasteiger partial charge in [0.1, 0.15) is 29.3 Å². The first-order valence-corrected chi connectivity index (χ1v) is 16.9. The molecule has 0 saturated carbocycles. The molecule has 0 aliphatic rings. The van der Waals surface area contributed by atoms with Gasteiger partial charge in [-0.25, -0.2) is 9.97 Å². The molecule has 0 bridgehead atoms. The summed E-state index contributed by atoms with van der Waals surface area (Å²) in [5, 5.41) is 3.00. The minimum atomic E-state index is -4.81. The van der Waals surface area contributed by atoms with Crippen LogP contribution in [-0.4, -0.2) is 47.3 Å². The molecule has 10 nitrogen and oxygen atoms in total. The molecule has 273 valence electrons. The van der Waals surface area contributed by atoms with Crippen LogP contribution in [0.3, 0.4) is 0 Å². The van der Waals surface area contributed by atoms with Crippen molar-refractivity contribution in [3.05, 3.63) is 135 Å². The maximum Gasteiger partial charge on any atom is 0.418 e. The lowest BCUT2D eigenvalue weighted by atomic mass is 9.99. The molecule has 1 radical (unpaired) electrons. The number of hydrogen-bond acceptors (Lipinski definition) is 9. The van der Waals surface area contributed by atoms with Gasteiger partial charge in [-0.1, -0.05) is 35.9 Å². The molecule has 6 rings (SSSR count). The van der Waals surface area contributed by atoms with Gasteiger partial charge >= 0.3 is 6.18 Å². The van der Waals surface area contributed by atoms with E-state index in [9.17, 15) is 18.0 Å². The average molecular weight is 744 g/mol. The molecule has 3 heterocycles. The largest absolute Gasteiger partial charge is 0.497 e. The smallest absolute Gasteiger partial charge is 0.418 e. The summed E-state index contributed by atoms with van der Waals surface area (Å²) < 4.78 is 61.6. The zero-order valence-electron chi connectivity index (χ0n) is 29.1. The van der Waals surface area contributed by atoms with Crippen LogP contribution in [0.4, 0.5) is 19.0 Å². The van der Waals surface area contributed by atoms with Gasteiger partial charge in [0.15, 0.2) is 5.75 Å². The highest BCUT2D eigenvalue weighted by molar-refractivity contribution is 6.36. The highest BCUT2D eigenvalue weighted by Gasteiger charge is 2.38. The van der Waals surface area contributed by atoms with Gasteiger partial charge < -0.3 is 29.4 Å². The Balaban J connectivity index is 1.44. The second-order valence-corrected chi connectivity index (χ2v) is 12.5. The van der Waals surface area contributed by atoms with Gasteiger partial charge in [-0.2, -0.15) is 13.2 Å². The van der Waals surface area contributed by atoms with Gasteiger partial charge in [0.05, 0.1) is 42.3 Å². The van der Waals surface area contributed by atoms with Crippen molar-refractivity contribution in [1.29, 1.82) is 0 Å². The van der Waals surface area contributed by atoms with Crippen molar-refractivity contribution in [1.82, 2.24) is 25.3 Å². The molecular formula is C39H35ClF3N6O4. The van der Waals surface area contributed by atoms with Crippen molar-refractivity contribution in [3.8, 4) is 28.5 Å². The summed E-state index contributed by atoms with van der Waals surface area (Å²) in [6, 6.07) is 22.2. The summed E-state index contributed by atoms with van der Waals surface area (Å²) in [6.45, 7) is 2.81. The summed E-state index contributed by atoms with van der Waals surface area (Å²) in [7, 11) is 3.14. The number of fused-ring (bicyclic) bond motifs is 1. The number of pyridine rings is 2. The number of benzene rings is 3. The molecule has 0 fully saturated rings. The first-order valence-electron chi connectivity index (χ1n) is 16.5. The van der Waals surface area contributed by atoms with E-state index in [0.717, 1.165) is 16.7 Å². The molecule has 14 heteroatoms. The van der Waals surface area contributed by atoms with Gasteiger partial charge in [-0.3, -0.25) is 9.78 Å². The second kappa shape index (κ2) is 16.3. The average Bonchev–Trinajstić information content (AvgIpc) is 3.15. The molecule has 6 aromatic rings. The zero-order chi connectivity index (χ0) is 37.5. The topological polar surface area (TPSA) is 114 Å². The maximum atomic E-state index is 15.0. The van der Waals surface area contributed by atoms with Crippen molar-refractivity contribution in [3.63, 3.8) is 0 Å². The Bertz CT molecular complexity index is 2190. The van der Waals surface area contributed by atoms with Crippen LogP contribution >= 0.6 is 11.6 Å². The Morgan fingerprint density at radius 2 is 1.62 bits per heavy atom. The number of aromatic amines is 1. The fraction of sp³-hybridized carbons (Fsp3) is 0.231. The normalized spacial score (nSPS) is 11.5. The van der Waals surface area contributed by atoms with Crippen LogP contribution in [-0.2, 0) is 25.8 Å². The molecule has 0 saturated heterocycles. The summed E-state index contributed by atoms with van der Waals surface area (Å²) in [5.41, 5.74) is 0.626. The Labute approximate surface area is 308 Å². The number of alkyl halides is 3. The van der Waals surface area contributed by atoms with Crippen LogP contribution in [0.2, 0.25) is 5.02 Å². The fourth-order valence-electron chi connectivity index (χ4n) is 5.89. The number of aryl methyl sites for hydroxylation is 1. The third kappa shape index (κ3) is 8.70. The second-order valence-electron chi connectivity index (χ2n) is 12.1. The predicted molar refractivity (Wildman–Crippen MR) is 196 cm³/mol. The molecule has 0 aliphatic heterocycles. The third-order valence-electron chi connectivity index (χ3n) is 8.47. The first-order chi connectivity index (χ1) is 25.5. The molecular weight excluding hydrogens is 709 g/mol. The van der Waals surface area contributed by atoms with Gasteiger partial charge in [0.2, 0.25) is 0 Å². The zero-order valence-corrected chi connectivity index (χ0v) is 29.8. The van der Waals surface area contributed by atoms with Crippen LogP contribution in [0.25, 0.3) is 22.2 Å². The number of halogens is 4. The Morgan fingerprint density at radius 3 is 2.21 bits per heavy atom. The van der Waals surface area contributed by atoms with Crippen molar-refractivity contribution in [2.75, 3.05) is 32.3 Å². The molecule has 0 unspecified atom stereocenters. The maximum absolute atomic E-state index is 15.0. The lowest BCUT2D eigenvalue weighted by Gasteiger charge is -2.27. The van der Waals surface area contributed by atoms with E-state index in [4.69, 9.17) is 25.8 Å².